The predicted octanol–water partition coefficient (Wildman–Crippen LogP) is 8.27. The van der Waals surface area contributed by atoms with Gasteiger partial charge in [-0.2, -0.15) is 0 Å². The van der Waals surface area contributed by atoms with E-state index in [4.69, 9.17) is 9.47 Å². The van der Waals surface area contributed by atoms with Crippen LogP contribution in [0.2, 0.25) is 0 Å². The lowest BCUT2D eigenvalue weighted by Crippen LogP contribution is -2.33. The molecular weight excluding hydrogens is 384 g/mol. The van der Waals surface area contributed by atoms with Gasteiger partial charge in [0.05, 0.1) is 0 Å². The molecule has 0 radical (unpaired) electrons. The van der Waals surface area contributed by atoms with E-state index in [1.807, 2.05) is 27.7 Å². The van der Waals surface area contributed by atoms with E-state index in [1.165, 1.54) is 19.3 Å². The van der Waals surface area contributed by atoms with Crippen LogP contribution in [-0.4, -0.2) is 24.3 Å². The van der Waals surface area contributed by atoms with Gasteiger partial charge in [-0.1, -0.05) is 81.7 Å². The van der Waals surface area contributed by atoms with Gasteiger partial charge in [0.1, 0.15) is 5.60 Å². The standard InChI is InChI=1S/C28H48O3/c1-6-8-9-10-11-12-13-14-15-16-17-18-19-20-21-22-23-24-25-30-26(7-2)27(29)31-28(3,4)5/h8-9,11-12,14-15,17-18,26H,6-7,10,13,16,19-25H2,1-5H3/b9-8-,12-11-,15-14-,18-17-. The molecule has 0 aliphatic heterocycles. The highest BCUT2D eigenvalue weighted by atomic mass is 16.6. The molecule has 0 rings (SSSR count). The van der Waals surface area contributed by atoms with Gasteiger partial charge < -0.3 is 9.47 Å². The fraction of sp³-hybridized carbons (Fsp3) is 0.679. The van der Waals surface area contributed by atoms with Crippen molar-refractivity contribution >= 4 is 5.97 Å². The summed E-state index contributed by atoms with van der Waals surface area (Å²) in [7, 11) is 0. The van der Waals surface area contributed by atoms with Gasteiger partial charge in [0.2, 0.25) is 0 Å². The minimum Gasteiger partial charge on any atom is -0.458 e. The Morgan fingerprint density at radius 3 is 1.81 bits per heavy atom. The first-order valence-electron chi connectivity index (χ1n) is 12.3. The van der Waals surface area contributed by atoms with Crippen molar-refractivity contribution in [1.29, 1.82) is 0 Å². The van der Waals surface area contributed by atoms with Crippen molar-refractivity contribution in [1.82, 2.24) is 0 Å². The maximum Gasteiger partial charge on any atom is 0.335 e. The Balaban J connectivity index is 3.57. The average Bonchev–Trinajstić information content (AvgIpc) is 2.71. The van der Waals surface area contributed by atoms with Gasteiger partial charge in [-0.05, 0) is 72.1 Å². The van der Waals surface area contributed by atoms with E-state index >= 15 is 0 Å². The van der Waals surface area contributed by atoms with Crippen molar-refractivity contribution in [3.05, 3.63) is 48.6 Å². The first-order valence-corrected chi connectivity index (χ1v) is 12.3. The zero-order valence-electron chi connectivity index (χ0n) is 20.9. The summed E-state index contributed by atoms with van der Waals surface area (Å²) in [6, 6.07) is 0. The summed E-state index contributed by atoms with van der Waals surface area (Å²) in [6.07, 6.45) is 29.4. The molecule has 0 amide bonds. The second kappa shape index (κ2) is 20.3. The van der Waals surface area contributed by atoms with E-state index in [1.54, 1.807) is 0 Å². The van der Waals surface area contributed by atoms with E-state index in [2.05, 4.69) is 55.5 Å². The monoisotopic (exact) mass is 432 g/mol. The number of hydrogen-bond donors (Lipinski definition) is 0. The van der Waals surface area contributed by atoms with Gasteiger partial charge in [-0.25, -0.2) is 4.79 Å². The van der Waals surface area contributed by atoms with Crippen LogP contribution in [0.5, 0.6) is 0 Å². The first kappa shape index (κ1) is 29.4. The molecule has 0 fully saturated rings. The number of esters is 1. The van der Waals surface area contributed by atoms with Crippen LogP contribution in [0.25, 0.3) is 0 Å². The van der Waals surface area contributed by atoms with E-state index in [9.17, 15) is 4.79 Å². The van der Waals surface area contributed by atoms with Gasteiger partial charge in [0, 0.05) is 6.61 Å². The largest absolute Gasteiger partial charge is 0.458 e. The average molecular weight is 433 g/mol. The normalized spacial score (nSPS) is 13.8. The van der Waals surface area contributed by atoms with Gasteiger partial charge >= 0.3 is 5.97 Å². The molecule has 0 heterocycles. The van der Waals surface area contributed by atoms with Crippen LogP contribution in [-0.2, 0) is 14.3 Å². The summed E-state index contributed by atoms with van der Waals surface area (Å²) in [4.78, 5) is 12.0. The SMILES string of the molecule is CC/C=C\C/C=C\C/C=C\C/C=C\CCCCCCCOC(CC)C(=O)OC(C)(C)C. The molecule has 3 nitrogen and oxygen atoms in total. The molecule has 0 N–H and O–H groups in total. The predicted molar refractivity (Wildman–Crippen MR) is 134 cm³/mol. The molecule has 3 heteroatoms. The quantitative estimate of drug-likeness (QED) is 0.124. The first-order chi connectivity index (χ1) is 14.9. The third-order valence-electron chi connectivity index (χ3n) is 4.59. The van der Waals surface area contributed by atoms with Crippen LogP contribution in [0.3, 0.4) is 0 Å². The zero-order valence-corrected chi connectivity index (χ0v) is 20.9. The third kappa shape index (κ3) is 21.4. The van der Waals surface area contributed by atoms with E-state index in [0.29, 0.717) is 13.0 Å². The van der Waals surface area contributed by atoms with Gasteiger partial charge in [-0.3, -0.25) is 0 Å². The van der Waals surface area contributed by atoms with Crippen LogP contribution in [0.4, 0.5) is 0 Å². The zero-order chi connectivity index (χ0) is 23.2. The molecule has 0 aromatic carbocycles. The van der Waals surface area contributed by atoms with Gasteiger partial charge in [-0.15, -0.1) is 0 Å². The fourth-order valence-electron chi connectivity index (χ4n) is 2.94. The van der Waals surface area contributed by atoms with Crippen LogP contribution in [0.15, 0.2) is 48.6 Å². The Hall–Kier alpha value is -1.61. The number of hydrogen-bond acceptors (Lipinski definition) is 3. The number of carbonyl (C=O) groups is 1. The second-order valence-corrected chi connectivity index (χ2v) is 8.86. The van der Waals surface area contributed by atoms with E-state index in [0.717, 1.165) is 44.9 Å². The molecule has 178 valence electrons. The van der Waals surface area contributed by atoms with Gasteiger partial charge in [0.15, 0.2) is 6.10 Å². The van der Waals surface area contributed by atoms with Crippen LogP contribution in [0, 0.1) is 0 Å². The Kier molecular flexibility index (Phi) is 19.2. The molecule has 1 unspecified atom stereocenters. The second-order valence-electron chi connectivity index (χ2n) is 8.86. The minimum absolute atomic E-state index is 0.243. The molecule has 0 saturated carbocycles. The molecule has 0 aromatic rings. The highest BCUT2D eigenvalue weighted by Gasteiger charge is 2.24. The summed E-state index contributed by atoms with van der Waals surface area (Å²) in [5, 5.41) is 0. The number of allylic oxidation sites excluding steroid dienone is 8. The van der Waals surface area contributed by atoms with Crippen molar-refractivity contribution in [2.75, 3.05) is 6.61 Å². The lowest BCUT2D eigenvalue weighted by molar-refractivity contribution is -0.168. The molecular formula is C28H48O3. The molecule has 0 aliphatic carbocycles. The molecule has 0 aromatic heterocycles. The van der Waals surface area contributed by atoms with Crippen LogP contribution < -0.4 is 0 Å². The maximum atomic E-state index is 12.0. The third-order valence-corrected chi connectivity index (χ3v) is 4.59. The fourth-order valence-corrected chi connectivity index (χ4v) is 2.94. The number of ether oxygens (including phenoxy) is 2. The van der Waals surface area contributed by atoms with Crippen molar-refractivity contribution in [3.63, 3.8) is 0 Å². The highest BCUT2D eigenvalue weighted by molar-refractivity contribution is 5.75. The van der Waals surface area contributed by atoms with Crippen LogP contribution in [0.1, 0.15) is 105 Å². The summed E-state index contributed by atoms with van der Waals surface area (Å²) in [6.45, 7) is 10.4. The Labute approximate surface area is 192 Å². The van der Waals surface area contributed by atoms with E-state index < -0.39 is 11.7 Å². The minimum atomic E-state index is -0.457. The highest BCUT2D eigenvalue weighted by Crippen LogP contribution is 2.13. The summed E-state index contributed by atoms with van der Waals surface area (Å²) >= 11 is 0. The smallest absolute Gasteiger partial charge is 0.335 e. The Morgan fingerprint density at radius 1 is 0.742 bits per heavy atom. The molecule has 1 atom stereocenters. The Morgan fingerprint density at radius 2 is 1.26 bits per heavy atom. The summed E-state index contributed by atoms with van der Waals surface area (Å²) in [5.74, 6) is -0.243. The molecule has 31 heavy (non-hydrogen) atoms. The topological polar surface area (TPSA) is 35.5 Å². The molecule has 0 bridgehead atoms. The van der Waals surface area contributed by atoms with Crippen LogP contribution >= 0.6 is 0 Å². The van der Waals surface area contributed by atoms with Crippen molar-refractivity contribution in [3.8, 4) is 0 Å². The summed E-state index contributed by atoms with van der Waals surface area (Å²) in [5.41, 5.74) is -0.457. The van der Waals surface area contributed by atoms with Crippen molar-refractivity contribution in [2.24, 2.45) is 0 Å². The molecule has 0 saturated heterocycles. The molecule has 0 spiro atoms. The van der Waals surface area contributed by atoms with Crippen molar-refractivity contribution in [2.45, 2.75) is 117 Å². The van der Waals surface area contributed by atoms with Crippen molar-refractivity contribution < 1.29 is 14.3 Å². The Bertz CT molecular complexity index is 535. The number of rotatable bonds is 18. The lowest BCUT2D eigenvalue weighted by Gasteiger charge is -2.23. The van der Waals surface area contributed by atoms with E-state index in [-0.39, 0.29) is 5.97 Å². The summed E-state index contributed by atoms with van der Waals surface area (Å²) < 4.78 is 11.1. The maximum absolute atomic E-state index is 12.0. The number of carbonyl (C=O) groups excluding carboxylic acids is 1. The van der Waals surface area contributed by atoms with Gasteiger partial charge in [0.25, 0.3) is 0 Å². The molecule has 0 aliphatic rings. The lowest BCUT2D eigenvalue weighted by atomic mass is 10.1. The number of unbranched alkanes of at least 4 members (excludes halogenated alkanes) is 5.